The van der Waals surface area contributed by atoms with E-state index < -0.39 is 6.10 Å². The molecule has 2 rings (SSSR count). The molecule has 1 fully saturated rings. The van der Waals surface area contributed by atoms with Crippen LogP contribution in [0.25, 0.3) is 0 Å². The van der Waals surface area contributed by atoms with Crippen LogP contribution >= 0.6 is 15.9 Å². The van der Waals surface area contributed by atoms with Crippen molar-refractivity contribution in [2.75, 3.05) is 13.7 Å². The third-order valence-electron chi connectivity index (χ3n) is 4.54. The Balaban J connectivity index is 2.05. The van der Waals surface area contributed by atoms with E-state index in [0.717, 1.165) is 28.9 Å². The highest BCUT2D eigenvalue weighted by Gasteiger charge is 2.30. The first-order valence-corrected chi connectivity index (χ1v) is 8.34. The van der Waals surface area contributed by atoms with E-state index in [1.807, 2.05) is 4.68 Å². The number of methoxy groups -OCH3 is 1. The van der Waals surface area contributed by atoms with Gasteiger partial charge in [0.25, 0.3) is 0 Å². The largest absolute Gasteiger partial charge is 0.386 e. The average molecular weight is 345 g/mol. The molecule has 1 aliphatic carbocycles. The quantitative estimate of drug-likeness (QED) is 0.858. The van der Waals surface area contributed by atoms with Gasteiger partial charge in [0.1, 0.15) is 0 Å². The van der Waals surface area contributed by atoms with Crippen molar-refractivity contribution in [2.45, 2.75) is 51.7 Å². The number of aliphatic hydroxyl groups excluding tert-OH is 1. The minimum absolute atomic E-state index is 0.354. The summed E-state index contributed by atoms with van der Waals surface area (Å²) in [6, 6.07) is 0. The molecule has 0 aromatic carbocycles. The van der Waals surface area contributed by atoms with Crippen molar-refractivity contribution in [1.82, 2.24) is 9.78 Å². The van der Waals surface area contributed by atoms with Crippen molar-refractivity contribution in [1.29, 1.82) is 0 Å². The minimum Gasteiger partial charge on any atom is -0.386 e. The van der Waals surface area contributed by atoms with Gasteiger partial charge in [-0.05, 0) is 40.6 Å². The fraction of sp³-hybridized carbons (Fsp3) is 0.800. The molecule has 4 nitrogen and oxygen atoms in total. The van der Waals surface area contributed by atoms with E-state index in [-0.39, 0.29) is 0 Å². The molecule has 0 spiro atoms. The maximum atomic E-state index is 10.7. The highest BCUT2D eigenvalue weighted by atomic mass is 79.9. The molecule has 0 saturated heterocycles. The summed E-state index contributed by atoms with van der Waals surface area (Å²) in [6.45, 7) is 3.55. The van der Waals surface area contributed by atoms with Crippen LogP contribution in [0.1, 0.15) is 50.8 Å². The van der Waals surface area contributed by atoms with E-state index in [1.165, 1.54) is 19.3 Å². The summed E-state index contributed by atoms with van der Waals surface area (Å²) in [5.74, 6) is 1.20. The summed E-state index contributed by atoms with van der Waals surface area (Å²) >= 11 is 3.52. The molecule has 0 aliphatic heterocycles. The third-order valence-corrected chi connectivity index (χ3v) is 5.15. The van der Waals surface area contributed by atoms with Crippen LogP contribution in [-0.4, -0.2) is 28.6 Å². The molecule has 5 heteroatoms. The van der Waals surface area contributed by atoms with Crippen molar-refractivity contribution < 1.29 is 9.84 Å². The average Bonchev–Trinajstić information content (AvgIpc) is 2.85. The minimum atomic E-state index is -0.429. The predicted octanol–water partition coefficient (Wildman–Crippen LogP) is 3.54. The molecule has 1 heterocycles. The Morgan fingerprint density at radius 1 is 1.45 bits per heavy atom. The lowest BCUT2D eigenvalue weighted by molar-refractivity contribution is 0.0634. The Labute approximate surface area is 129 Å². The van der Waals surface area contributed by atoms with E-state index in [1.54, 1.807) is 13.3 Å². The Kier molecular flexibility index (Phi) is 6.05. The van der Waals surface area contributed by atoms with E-state index in [9.17, 15) is 5.11 Å². The van der Waals surface area contributed by atoms with Crippen molar-refractivity contribution >= 4 is 15.9 Å². The molecule has 0 radical (unpaired) electrons. The zero-order chi connectivity index (χ0) is 14.5. The number of nitrogens with zero attached hydrogens (tertiary/aromatic N) is 2. The summed E-state index contributed by atoms with van der Waals surface area (Å²) in [6.07, 6.45) is 7.30. The fourth-order valence-electron chi connectivity index (χ4n) is 3.16. The monoisotopic (exact) mass is 344 g/mol. The molecule has 1 saturated carbocycles. The number of hydrogen-bond acceptors (Lipinski definition) is 3. The van der Waals surface area contributed by atoms with E-state index in [2.05, 4.69) is 28.0 Å². The molecule has 20 heavy (non-hydrogen) atoms. The highest BCUT2D eigenvalue weighted by Crippen LogP contribution is 2.39. The molecule has 0 bridgehead atoms. The van der Waals surface area contributed by atoms with Crippen molar-refractivity contribution in [3.05, 3.63) is 16.4 Å². The molecular weight excluding hydrogens is 320 g/mol. The first-order valence-electron chi connectivity index (χ1n) is 7.55. The number of aliphatic hydroxyl groups is 1. The highest BCUT2D eigenvalue weighted by molar-refractivity contribution is 9.10. The Hall–Kier alpha value is -0.390. The molecule has 1 aromatic rings. The van der Waals surface area contributed by atoms with Gasteiger partial charge in [0, 0.05) is 7.11 Å². The van der Waals surface area contributed by atoms with Crippen LogP contribution in [0.15, 0.2) is 10.7 Å². The Bertz CT molecular complexity index is 414. The van der Waals surface area contributed by atoms with Gasteiger partial charge >= 0.3 is 0 Å². The van der Waals surface area contributed by atoms with Crippen LogP contribution in [-0.2, 0) is 11.3 Å². The second-order valence-corrected chi connectivity index (χ2v) is 6.58. The molecule has 1 aliphatic rings. The Morgan fingerprint density at radius 2 is 2.15 bits per heavy atom. The summed E-state index contributed by atoms with van der Waals surface area (Å²) in [4.78, 5) is 0. The van der Waals surface area contributed by atoms with Gasteiger partial charge in [-0.1, -0.05) is 26.2 Å². The van der Waals surface area contributed by atoms with Crippen LogP contribution in [0.4, 0.5) is 0 Å². The lowest BCUT2D eigenvalue weighted by Gasteiger charge is -2.31. The van der Waals surface area contributed by atoms with Crippen molar-refractivity contribution in [3.63, 3.8) is 0 Å². The van der Waals surface area contributed by atoms with Gasteiger partial charge in [-0.15, -0.1) is 0 Å². The lowest BCUT2D eigenvalue weighted by Crippen LogP contribution is -2.23. The predicted molar refractivity (Wildman–Crippen MR) is 82.5 cm³/mol. The first-order chi connectivity index (χ1) is 9.67. The summed E-state index contributed by atoms with van der Waals surface area (Å²) < 4.78 is 7.87. The van der Waals surface area contributed by atoms with Gasteiger partial charge < -0.3 is 9.84 Å². The molecular formula is C15H25BrN2O2. The zero-order valence-corrected chi connectivity index (χ0v) is 14.0. The van der Waals surface area contributed by atoms with Crippen LogP contribution in [0.3, 0.4) is 0 Å². The number of ether oxygens (including phenoxy) is 1. The van der Waals surface area contributed by atoms with Crippen molar-refractivity contribution in [2.24, 2.45) is 11.8 Å². The van der Waals surface area contributed by atoms with Crippen LogP contribution in [0, 0.1) is 11.8 Å². The van der Waals surface area contributed by atoms with Crippen LogP contribution in [0.2, 0.25) is 0 Å². The SMILES string of the molecule is CCC1CCC(C(O)c2c(Br)cnn2CCOC)CC1. The van der Waals surface area contributed by atoms with Gasteiger partial charge in [-0.2, -0.15) is 5.10 Å². The zero-order valence-electron chi connectivity index (χ0n) is 12.4. The molecule has 1 unspecified atom stereocenters. The van der Waals surface area contributed by atoms with Gasteiger partial charge in [0.05, 0.1) is 35.6 Å². The number of halogens is 1. The summed E-state index contributed by atoms with van der Waals surface area (Å²) in [7, 11) is 1.68. The topological polar surface area (TPSA) is 47.3 Å². The molecule has 114 valence electrons. The van der Waals surface area contributed by atoms with Crippen LogP contribution in [0.5, 0.6) is 0 Å². The molecule has 1 aromatic heterocycles. The lowest BCUT2D eigenvalue weighted by atomic mass is 9.78. The van der Waals surface area contributed by atoms with Gasteiger partial charge in [-0.3, -0.25) is 4.68 Å². The van der Waals surface area contributed by atoms with Crippen molar-refractivity contribution in [3.8, 4) is 0 Å². The fourth-order valence-corrected chi connectivity index (χ4v) is 3.69. The molecule has 1 N–H and O–H groups in total. The smallest absolute Gasteiger partial charge is 0.0996 e. The third kappa shape index (κ3) is 3.62. The van der Waals surface area contributed by atoms with Gasteiger partial charge in [-0.25, -0.2) is 0 Å². The maximum Gasteiger partial charge on any atom is 0.0996 e. The number of hydrogen-bond donors (Lipinski definition) is 1. The second kappa shape index (κ2) is 7.57. The molecule has 0 amide bonds. The normalized spacial score (nSPS) is 24.8. The molecule has 1 atom stereocenters. The maximum absolute atomic E-state index is 10.7. The van der Waals surface area contributed by atoms with E-state index >= 15 is 0 Å². The standard InChI is InChI=1S/C15H25BrN2O2/c1-3-11-4-6-12(7-5-11)15(19)14-13(16)10-17-18(14)8-9-20-2/h10-12,15,19H,3-9H2,1-2H3. The van der Waals surface area contributed by atoms with Gasteiger partial charge in [0.15, 0.2) is 0 Å². The Morgan fingerprint density at radius 3 is 2.75 bits per heavy atom. The van der Waals surface area contributed by atoms with E-state index in [4.69, 9.17) is 4.74 Å². The number of rotatable bonds is 6. The van der Waals surface area contributed by atoms with Crippen LogP contribution < -0.4 is 0 Å². The van der Waals surface area contributed by atoms with E-state index in [0.29, 0.717) is 19.1 Å². The second-order valence-electron chi connectivity index (χ2n) is 5.73. The number of aromatic nitrogens is 2. The van der Waals surface area contributed by atoms with Gasteiger partial charge in [0.2, 0.25) is 0 Å². The summed E-state index contributed by atoms with van der Waals surface area (Å²) in [5, 5.41) is 15.1. The first kappa shape index (κ1) is 16.0. The summed E-state index contributed by atoms with van der Waals surface area (Å²) in [5.41, 5.74) is 0.905.